The maximum Gasteiger partial charge on any atom is 0.251 e. The van der Waals surface area contributed by atoms with E-state index in [1.165, 1.54) is 0 Å². The molecular formula is C21H26N2O4. The summed E-state index contributed by atoms with van der Waals surface area (Å²) >= 11 is 0. The summed E-state index contributed by atoms with van der Waals surface area (Å²) in [7, 11) is 1.56. The highest BCUT2D eigenvalue weighted by atomic mass is 16.5. The van der Waals surface area contributed by atoms with Crippen LogP contribution >= 0.6 is 0 Å². The Labute approximate surface area is 159 Å². The number of hydrogen-bond donors (Lipinski definition) is 3. The van der Waals surface area contributed by atoms with E-state index in [-0.39, 0.29) is 29.5 Å². The average molecular weight is 370 g/mol. The van der Waals surface area contributed by atoms with Gasteiger partial charge in [-0.25, -0.2) is 0 Å². The summed E-state index contributed by atoms with van der Waals surface area (Å²) in [5.41, 5.74) is 1.24. The van der Waals surface area contributed by atoms with Gasteiger partial charge >= 0.3 is 0 Å². The molecule has 0 aliphatic rings. The first-order valence-electron chi connectivity index (χ1n) is 8.86. The van der Waals surface area contributed by atoms with Gasteiger partial charge in [0.05, 0.1) is 13.2 Å². The van der Waals surface area contributed by atoms with E-state index in [9.17, 15) is 14.7 Å². The Balaban J connectivity index is 2.06. The molecule has 2 aromatic carbocycles. The number of aromatic hydroxyl groups is 1. The van der Waals surface area contributed by atoms with Crippen LogP contribution in [0.4, 0.5) is 0 Å². The summed E-state index contributed by atoms with van der Waals surface area (Å²) in [6.07, 6.45) is 0. The summed E-state index contributed by atoms with van der Waals surface area (Å²) in [6, 6.07) is 12.4. The van der Waals surface area contributed by atoms with Crippen molar-refractivity contribution in [2.45, 2.75) is 32.9 Å². The lowest BCUT2D eigenvalue weighted by Gasteiger charge is -2.24. The first kappa shape index (κ1) is 20.3. The first-order valence-corrected chi connectivity index (χ1v) is 8.86. The van der Waals surface area contributed by atoms with Gasteiger partial charge in [0.25, 0.3) is 5.91 Å². The van der Waals surface area contributed by atoms with Crippen LogP contribution in [0.3, 0.4) is 0 Å². The summed E-state index contributed by atoms with van der Waals surface area (Å²) in [4.78, 5) is 25.2. The predicted octanol–water partition coefficient (Wildman–Crippen LogP) is 3.03. The fourth-order valence-electron chi connectivity index (χ4n) is 2.68. The molecule has 0 aromatic heterocycles. The van der Waals surface area contributed by atoms with Gasteiger partial charge in [-0.3, -0.25) is 9.59 Å². The highest BCUT2D eigenvalue weighted by Crippen LogP contribution is 2.18. The summed E-state index contributed by atoms with van der Waals surface area (Å²) < 4.78 is 5.09. The van der Waals surface area contributed by atoms with Crippen molar-refractivity contribution in [1.29, 1.82) is 0 Å². The standard InChI is InChI=1S/C21H26N2O4/c1-13(2)19(23-20(25)15-8-10-18(27-4)11-9-15)21(26)22-14(3)16-6-5-7-17(24)12-16/h5-14,19,24H,1-4H3,(H,22,26)(H,23,25)/t14-,19+/m1/s1. The minimum absolute atomic E-state index is 0.0939. The molecule has 0 spiro atoms. The van der Waals surface area contributed by atoms with Gasteiger partial charge in [-0.05, 0) is 54.8 Å². The molecule has 0 radical (unpaired) electrons. The third-order valence-electron chi connectivity index (χ3n) is 4.32. The monoisotopic (exact) mass is 370 g/mol. The molecule has 0 saturated carbocycles. The van der Waals surface area contributed by atoms with Crippen molar-refractivity contribution in [2.24, 2.45) is 5.92 Å². The molecule has 0 fully saturated rings. The molecule has 0 saturated heterocycles. The number of benzene rings is 2. The topological polar surface area (TPSA) is 87.7 Å². The van der Waals surface area contributed by atoms with Crippen molar-refractivity contribution >= 4 is 11.8 Å². The third-order valence-corrected chi connectivity index (χ3v) is 4.32. The molecule has 0 bridgehead atoms. The molecule has 2 amide bonds. The molecule has 2 aromatic rings. The Hall–Kier alpha value is -3.02. The number of phenolic OH excluding ortho intramolecular Hbond substituents is 1. The molecule has 0 aliphatic carbocycles. The number of ether oxygens (including phenoxy) is 1. The molecule has 0 unspecified atom stereocenters. The molecule has 3 N–H and O–H groups in total. The Morgan fingerprint density at radius 3 is 2.22 bits per heavy atom. The van der Waals surface area contributed by atoms with Gasteiger partial charge in [0.1, 0.15) is 17.5 Å². The number of carbonyl (C=O) groups is 2. The Morgan fingerprint density at radius 2 is 1.67 bits per heavy atom. The number of carbonyl (C=O) groups excluding carboxylic acids is 2. The van der Waals surface area contributed by atoms with E-state index >= 15 is 0 Å². The van der Waals surface area contributed by atoms with Gasteiger partial charge in [0, 0.05) is 5.56 Å². The molecule has 0 aliphatic heterocycles. The number of methoxy groups -OCH3 is 1. The zero-order valence-corrected chi connectivity index (χ0v) is 16.0. The van der Waals surface area contributed by atoms with Crippen LogP contribution < -0.4 is 15.4 Å². The number of amides is 2. The summed E-state index contributed by atoms with van der Waals surface area (Å²) in [5.74, 6) is 0.106. The van der Waals surface area contributed by atoms with Crippen LogP contribution in [0.15, 0.2) is 48.5 Å². The summed E-state index contributed by atoms with van der Waals surface area (Å²) in [5, 5.41) is 15.3. The number of nitrogens with one attached hydrogen (secondary N) is 2. The second-order valence-electron chi connectivity index (χ2n) is 6.75. The average Bonchev–Trinajstić information content (AvgIpc) is 2.65. The Bertz CT molecular complexity index is 787. The van der Waals surface area contributed by atoms with Crippen LogP contribution in [0.2, 0.25) is 0 Å². The van der Waals surface area contributed by atoms with E-state index in [2.05, 4.69) is 10.6 Å². The quantitative estimate of drug-likeness (QED) is 0.699. The highest BCUT2D eigenvalue weighted by molar-refractivity contribution is 5.97. The zero-order chi connectivity index (χ0) is 20.0. The van der Waals surface area contributed by atoms with E-state index < -0.39 is 6.04 Å². The number of rotatable bonds is 7. The lowest BCUT2D eigenvalue weighted by Crippen LogP contribution is -2.50. The zero-order valence-electron chi connectivity index (χ0n) is 16.0. The highest BCUT2D eigenvalue weighted by Gasteiger charge is 2.26. The number of hydrogen-bond acceptors (Lipinski definition) is 4. The largest absolute Gasteiger partial charge is 0.508 e. The second-order valence-corrected chi connectivity index (χ2v) is 6.75. The van der Waals surface area contributed by atoms with Crippen molar-refractivity contribution in [3.63, 3.8) is 0 Å². The molecule has 6 nitrogen and oxygen atoms in total. The predicted molar refractivity (Wildman–Crippen MR) is 104 cm³/mol. The van der Waals surface area contributed by atoms with E-state index in [1.807, 2.05) is 26.8 Å². The molecule has 0 heterocycles. The molecule has 6 heteroatoms. The lowest BCUT2D eigenvalue weighted by atomic mass is 10.0. The van der Waals surface area contributed by atoms with E-state index in [0.29, 0.717) is 11.3 Å². The normalized spacial score (nSPS) is 12.9. The lowest BCUT2D eigenvalue weighted by molar-refractivity contribution is -0.124. The van der Waals surface area contributed by atoms with E-state index in [0.717, 1.165) is 5.56 Å². The minimum Gasteiger partial charge on any atom is -0.508 e. The smallest absolute Gasteiger partial charge is 0.251 e. The second kappa shape index (κ2) is 9.07. The Morgan fingerprint density at radius 1 is 1.00 bits per heavy atom. The van der Waals surface area contributed by atoms with Gasteiger partial charge in [-0.2, -0.15) is 0 Å². The van der Waals surface area contributed by atoms with Gasteiger partial charge in [-0.1, -0.05) is 26.0 Å². The van der Waals surface area contributed by atoms with Crippen molar-refractivity contribution in [1.82, 2.24) is 10.6 Å². The van der Waals surface area contributed by atoms with Crippen LogP contribution in [0.1, 0.15) is 42.7 Å². The van der Waals surface area contributed by atoms with Gasteiger partial charge < -0.3 is 20.5 Å². The molecule has 2 atom stereocenters. The molecule has 2 rings (SSSR count). The molecular weight excluding hydrogens is 344 g/mol. The van der Waals surface area contributed by atoms with Gasteiger partial charge in [0.15, 0.2) is 0 Å². The fourth-order valence-corrected chi connectivity index (χ4v) is 2.68. The third kappa shape index (κ3) is 5.48. The van der Waals surface area contributed by atoms with Crippen LogP contribution in [-0.4, -0.2) is 30.1 Å². The first-order chi connectivity index (χ1) is 12.8. The van der Waals surface area contributed by atoms with Crippen LogP contribution in [0.5, 0.6) is 11.5 Å². The summed E-state index contributed by atoms with van der Waals surface area (Å²) in [6.45, 7) is 5.57. The van der Waals surface area contributed by atoms with Gasteiger partial charge in [-0.15, -0.1) is 0 Å². The number of phenols is 1. The van der Waals surface area contributed by atoms with Crippen molar-refractivity contribution in [3.8, 4) is 11.5 Å². The van der Waals surface area contributed by atoms with Crippen molar-refractivity contribution in [3.05, 3.63) is 59.7 Å². The van der Waals surface area contributed by atoms with Crippen molar-refractivity contribution in [2.75, 3.05) is 7.11 Å². The van der Waals surface area contributed by atoms with E-state index in [4.69, 9.17) is 4.74 Å². The van der Waals surface area contributed by atoms with Crippen molar-refractivity contribution < 1.29 is 19.4 Å². The van der Waals surface area contributed by atoms with Gasteiger partial charge in [0.2, 0.25) is 5.91 Å². The fraction of sp³-hybridized carbons (Fsp3) is 0.333. The Kier molecular flexibility index (Phi) is 6.82. The SMILES string of the molecule is COc1ccc(C(=O)N[C@H](C(=O)N[C@H](C)c2cccc(O)c2)C(C)C)cc1. The minimum atomic E-state index is -0.681. The maximum absolute atomic E-state index is 12.7. The maximum atomic E-state index is 12.7. The van der Waals surface area contributed by atoms with Crippen LogP contribution in [0.25, 0.3) is 0 Å². The van der Waals surface area contributed by atoms with Crippen LogP contribution in [0, 0.1) is 5.92 Å². The van der Waals surface area contributed by atoms with E-state index in [1.54, 1.807) is 49.6 Å². The van der Waals surface area contributed by atoms with Crippen LogP contribution in [-0.2, 0) is 4.79 Å². The molecule has 144 valence electrons. The molecule has 27 heavy (non-hydrogen) atoms.